The van der Waals surface area contributed by atoms with E-state index in [0.717, 1.165) is 16.0 Å². The van der Waals surface area contributed by atoms with Crippen molar-refractivity contribution in [3.8, 4) is 23.2 Å². The fourth-order valence-corrected chi connectivity index (χ4v) is 3.05. The minimum atomic E-state index is -1.01. The zero-order valence-electron chi connectivity index (χ0n) is 12.3. The van der Waals surface area contributed by atoms with Gasteiger partial charge < -0.3 is 10.1 Å². The Hall–Kier alpha value is -2.91. The molecule has 23 heavy (non-hydrogen) atoms. The summed E-state index contributed by atoms with van der Waals surface area (Å²) in [5, 5.41) is 12.6. The summed E-state index contributed by atoms with van der Waals surface area (Å²) in [6.07, 6.45) is 4.21. The Labute approximate surface area is 133 Å². The number of carbonyl (C=O) groups excluding carboxylic acids is 1. The smallest absolute Gasteiger partial charge is 0.286 e. The summed E-state index contributed by atoms with van der Waals surface area (Å²) in [5.41, 5.74) is 1.19. The maximum Gasteiger partial charge on any atom is 0.286 e. The maximum absolute atomic E-state index is 12.7. The molecule has 1 saturated heterocycles. The van der Waals surface area contributed by atoms with Crippen LogP contribution in [0.25, 0.3) is 11.1 Å². The molecule has 1 amide bonds. The van der Waals surface area contributed by atoms with Crippen LogP contribution in [0.3, 0.4) is 0 Å². The average molecular weight is 306 g/mol. The Morgan fingerprint density at radius 1 is 1.30 bits per heavy atom. The molecule has 2 aliphatic rings. The molecule has 0 aliphatic carbocycles. The molecule has 114 valence electrons. The predicted molar refractivity (Wildman–Crippen MR) is 83.6 cm³/mol. The van der Waals surface area contributed by atoms with E-state index in [0.29, 0.717) is 31.1 Å². The summed E-state index contributed by atoms with van der Waals surface area (Å²) in [5.74, 6) is -0.000886. The van der Waals surface area contributed by atoms with Crippen molar-refractivity contribution in [1.29, 1.82) is 5.26 Å². The van der Waals surface area contributed by atoms with E-state index in [2.05, 4.69) is 10.3 Å². The zero-order chi connectivity index (χ0) is 15.9. The van der Waals surface area contributed by atoms with Crippen molar-refractivity contribution in [2.45, 2.75) is 12.0 Å². The number of rotatable bonds is 1. The van der Waals surface area contributed by atoms with Crippen LogP contribution in [0.15, 0.2) is 42.6 Å². The number of ether oxygens (including phenoxy) is 1. The largest absolute Gasteiger partial charge is 0.458 e. The highest BCUT2D eigenvalue weighted by molar-refractivity contribution is 6.05. The van der Waals surface area contributed by atoms with Crippen LogP contribution in [0.1, 0.15) is 6.42 Å². The van der Waals surface area contributed by atoms with Gasteiger partial charge >= 0.3 is 0 Å². The second-order valence-electron chi connectivity index (χ2n) is 5.68. The molecule has 0 radical (unpaired) electrons. The molecule has 0 bridgehead atoms. The number of nitrogens with one attached hydrogen (secondary N) is 1. The van der Waals surface area contributed by atoms with Gasteiger partial charge in [0, 0.05) is 24.7 Å². The molecule has 4 rings (SSSR count). The van der Waals surface area contributed by atoms with Crippen LogP contribution in [-0.2, 0) is 4.79 Å². The Bertz CT molecular complexity index is 807. The van der Waals surface area contributed by atoms with Crippen molar-refractivity contribution in [2.24, 2.45) is 0 Å². The van der Waals surface area contributed by atoms with E-state index in [4.69, 9.17) is 4.74 Å². The van der Waals surface area contributed by atoms with Crippen LogP contribution in [0.4, 0.5) is 5.69 Å². The highest BCUT2D eigenvalue weighted by atomic mass is 16.5. The number of nitriles is 1. The van der Waals surface area contributed by atoms with Crippen LogP contribution in [0, 0.1) is 11.5 Å². The Morgan fingerprint density at radius 3 is 2.83 bits per heavy atom. The number of hydrogen-bond donors (Lipinski definition) is 1. The third-order valence-corrected chi connectivity index (χ3v) is 4.28. The molecular formula is C17H14N4O2. The minimum Gasteiger partial charge on any atom is -0.458 e. The SMILES string of the molecule is N#CN1C(=O)[C@@]2(CCNC2)Oc2ncc(-c3ccccc3)cc21. The van der Waals surface area contributed by atoms with Crippen LogP contribution < -0.4 is 15.0 Å². The number of nitrogens with zero attached hydrogens (tertiary/aromatic N) is 3. The molecule has 0 saturated carbocycles. The van der Waals surface area contributed by atoms with Crippen molar-refractivity contribution in [1.82, 2.24) is 10.3 Å². The van der Waals surface area contributed by atoms with Gasteiger partial charge in [-0.3, -0.25) is 4.79 Å². The second-order valence-corrected chi connectivity index (χ2v) is 5.68. The van der Waals surface area contributed by atoms with Gasteiger partial charge in [-0.05, 0) is 18.2 Å². The lowest BCUT2D eigenvalue weighted by Gasteiger charge is -2.36. The zero-order valence-corrected chi connectivity index (χ0v) is 12.3. The first-order chi connectivity index (χ1) is 11.2. The molecule has 1 atom stereocenters. The van der Waals surface area contributed by atoms with Gasteiger partial charge in [0.15, 0.2) is 6.19 Å². The number of benzene rings is 1. The summed E-state index contributed by atoms with van der Waals surface area (Å²) >= 11 is 0. The van der Waals surface area contributed by atoms with E-state index in [9.17, 15) is 10.1 Å². The van der Waals surface area contributed by atoms with Crippen LogP contribution >= 0.6 is 0 Å². The molecule has 2 aliphatic heterocycles. The quantitative estimate of drug-likeness (QED) is 0.811. The van der Waals surface area contributed by atoms with Gasteiger partial charge in [-0.15, -0.1) is 0 Å². The fraction of sp³-hybridized carbons (Fsp3) is 0.235. The number of anilines is 1. The topological polar surface area (TPSA) is 78.2 Å². The third kappa shape index (κ3) is 2.05. The number of fused-ring (bicyclic) bond motifs is 1. The van der Waals surface area contributed by atoms with Crippen LogP contribution in [0.2, 0.25) is 0 Å². The third-order valence-electron chi connectivity index (χ3n) is 4.28. The molecule has 2 aromatic rings. The number of carbonyl (C=O) groups is 1. The standard InChI is InChI=1S/C17H14N4O2/c18-11-21-14-8-13(12-4-2-1-3-5-12)9-20-15(14)23-17(16(21)22)6-7-19-10-17/h1-5,8-9,19H,6-7,10H2/t17-/m0/s1. The number of pyridine rings is 1. The minimum absolute atomic E-state index is 0.328. The van der Waals surface area contributed by atoms with E-state index < -0.39 is 5.60 Å². The van der Waals surface area contributed by atoms with Crippen molar-refractivity contribution in [3.63, 3.8) is 0 Å². The number of hydrogen-bond acceptors (Lipinski definition) is 5. The van der Waals surface area contributed by atoms with E-state index in [1.54, 1.807) is 12.3 Å². The molecule has 1 aromatic heterocycles. The Morgan fingerprint density at radius 2 is 2.13 bits per heavy atom. The van der Waals surface area contributed by atoms with Crippen LogP contribution in [0.5, 0.6) is 5.88 Å². The molecule has 1 spiro atoms. The van der Waals surface area contributed by atoms with Crippen LogP contribution in [-0.4, -0.2) is 29.6 Å². The second kappa shape index (κ2) is 5.07. The lowest BCUT2D eigenvalue weighted by atomic mass is 9.98. The van der Waals surface area contributed by atoms with Gasteiger partial charge in [0.05, 0.1) is 0 Å². The molecule has 1 aromatic carbocycles. The van der Waals surface area contributed by atoms with Gasteiger partial charge in [0.2, 0.25) is 11.5 Å². The Kier molecular flexibility index (Phi) is 3.03. The predicted octanol–water partition coefficient (Wildman–Crippen LogP) is 1.69. The number of amides is 1. The van der Waals surface area contributed by atoms with Gasteiger partial charge in [0.1, 0.15) is 5.69 Å². The normalized spacial score (nSPS) is 22.6. The number of aromatic nitrogens is 1. The molecule has 1 N–H and O–H groups in total. The summed E-state index contributed by atoms with van der Waals surface area (Å²) < 4.78 is 5.90. The molecule has 3 heterocycles. The van der Waals surface area contributed by atoms with Crippen molar-refractivity contribution in [3.05, 3.63) is 42.6 Å². The molecule has 6 heteroatoms. The summed E-state index contributed by atoms with van der Waals surface area (Å²) in [7, 11) is 0. The Balaban J connectivity index is 1.81. The first-order valence-corrected chi connectivity index (χ1v) is 7.43. The highest BCUT2D eigenvalue weighted by Crippen LogP contribution is 2.40. The maximum atomic E-state index is 12.7. The fourth-order valence-electron chi connectivity index (χ4n) is 3.05. The van der Waals surface area contributed by atoms with E-state index in [1.165, 1.54) is 0 Å². The van der Waals surface area contributed by atoms with Gasteiger partial charge in [-0.1, -0.05) is 30.3 Å². The van der Waals surface area contributed by atoms with Crippen molar-refractivity contribution >= 4 is 11.6 Å². The van der Waals surface area contributed by atoms with E-state index >= 15 is 0 Å². The first-order valence-electron chi connectivity index (χ1n) is 7.43. The van der Waals surface area contributed by atoms with Gasteiger partial charge in [-0.2, -0.15) is 5.26 Å². The molecule has 6 nitrogen and oxygen atoms in total. The molecule has 1 fully saturated rings. The monoisotopic (exact) mass is 306 g/mol. The average Bonchev–Trinajstić information content (AvgIpc) is 3.06. The summed E-state index contributed by atoms with van der Waals surface area (Å²) in [6.45, 7) is 1.08. The summed E-state index contributed by atoms with van der Waals surface area (Å²) in [6, 6.07) is 11.5. The van der Waals surface area contributed by atoms with Gasteiger partial charge in [-0.25, -0.2) is 9.88 Å². The van der Waals surface area contributed by atoms with Crippen molar-refractivity contribution in [2.75, 3.05) is 18.0 Å². The molecule has 0 unspecified atom stereocenters. The van der Waals surface area contributed by atoms with Gasteiger partial charge in [0.25, 0.3) is 5.91 Å². The van der Waals surface area contributed by atoms with E-state index in [-0.39, 0.29) is 5.91 Å². The first kappa shape index (κ1) is 13.7. The lowest BCUT2D eigenvalue weighted by Crippen LogP contribution is -2.56. The molecular weight excluding hydrogens is 292 g/mol. The highest BCUT2D eigenvalue weighted by Gasteiger charge is 2.51. The lowest BCUT2D eigenvalue weighted by molar-refractivity contribution is -0.133. The summed E-state index contributed by atoms with van der Waals surface area (Å²) in [4.78, 5) is 18.2. The van der Waals surface area contributed by atoms with E-state index in [1.807, 2.05) is 36.5 Å². The van der Waals surface area contributed by atoms with Crippen molar-refractivity contribution < 1.29 is 9.53 Å².